The fraction of sp³-hybridized carbons (Fsp3) is 0.381. The van der Waals surface area contributed by atoms with Crippen molar-refractivity contribution in [2.45, 2.75) is 39.5 Å². The average Bonchev–Trinajstić information content (AvgIpc) is 3.09. The van der Waals surface area contributed by atoms with E-state index in [-0.39, 0.29) is 19.9 Å². The second kappa shape index (κ2) is 10.0. The average molecular weight is 478 g/mol. The first-order valence-electron chi connectivity index (χ1n) is 9.09. The molecule has 0 radical (unpaired) electrons. The number of aromatic nitrogens is 3. The van der Waals surface area contributed by atoms with E-state index in [1.807, 2.05) is 47.0 Å². The molecule has 0 unspecified atom stereocenters. The van der Waals surface area contributed by atoms with Gasteiger partial charge in [0.1, 0.15) is 11.8 Å². The summed E-state index contributed by atoms with van der Waals surface area (Å²) in [6.45, 7) is 3.80. The van der Waals surface area contributed by atoms with Crippen LogP contribution in [0.1, 0.15) is 38.7 Å². The molecule has 0 spiro atoms. The molecule has 3 aromatic rings. The number of nitrogens with two attached hydrogens (primary N) is 1. The molecule has 0 fully saturated rings. The Kier molecular flexibility index (Phi) is 7.94. The number of halogens is 1. The Morgan fingerprint density at radius 3 is 2.70 bits per heavy atom. The zero-order chi connectivity index (χ0) is 21.0. The molecule has 8 nitrogen and oxygen atoms in total. The van der Waals surface area contributed by atoms with Gasteiger partial charge < -0.3 is 20.5 Å². The van der Waals surface area contributed by atoms with Gasteiger partial charge in [-0.05, 0) is 48.0 Å². The second-order valence-corrected chi connectivity index (χ2v) is 8.12. The molecule has 0 saturated heterocycles. The third-order valence-corrected chi connectivity index (χ3v) is 4.80. The van der Waals surface area contributed by atoms with Gasteiger partial charge in [-0.15, -0.1) is 10.2 Å². The predicted molar refractivity (Wildman–Crippen MR) is 119 cm³/mol. The van der Waals surface area contributed by atoms with Crippen LogP contribution in [-0.2, 0) is 16.1 Å². The van der Waals surface area contributed by atoms with E-state index in [1.165, 1.54) is 0 Å². The molecule has 162 valence electrons. The number of hydrogen-bond acceptors (Lipinski definition) is 6. The highest BCUT2D eigenvalue weighted by molar-refractivity contribution is 9.10. The number of nitrogens with zero attached hydrogens (tertiary/aromatic N) is 3. The molecule has 1 aromatic carbocycles. The van der Waals surface area contributed by atoms with E-state index in [9.17, 15) is 4.79 Å². The minimum atomic E-state index is -1.04. The molecule has 1 amide bonds. The maximum atomic E-state index is 12.5. The first kappa shape index (κ1) is 23.8. The van der Waals surface area contributed by atoms with E-state index in [0.29, 0.717) is 18.1 Å². The van der Waals surface area contributed by atoms with Crippen LogP contribution in [0.4, 0.5) is 0 Å². The van der Waals surface area contributed by atoms with Crippen molar-refractivity contribution >= 4 is 27.5 Å². The van der Waals surface area contributed by atoms with Gasteiger partial charge >= 0.3 is 0 Å². The number of ether oxygens (including phenoxy) is 2. The van der Waals surface area contributed by atoms with Crippen molar-refractivity contribution in [3.63, 3.8) is 0 Å². The summed E-state index contributed by atoms with van der Waals surface area (Å²) in [6.07, 6.45) is 1.84. The summed E-state index contributed by atoms with van der Waals surface area (Å²) in [5, 5.41) is 11.4. The standard InChI is InChI=1S/C20H24BrN5O3.CH4/c1-20(2,22)19(27)23-15(12-29-11-13-6-4-5-7-16(13)28-3)18-25-24-17-9-8-14(21)10-26(17)18;/h4-10,15H,11-12,22H2,1-3H3,(H,23,27);1H4/t15-;/m1./s1. The maximum absolute atomic E-state index is 12.5. The quantitative estimate of drug-likeness (QED) is 0.515. The SMILES string of the molecule is C.COc1ccccc1COC[C@@H](NC(=O)C(C)(C)N)c1nnc2ccc(Br)cn12. The molecule has 3 N–H and O–H groups in total. The summed E-state index contributed by atoms with van der Waals surface area (Å²) < 4.78 is 13.9. The van der Waals surface area contributed by atoms with E-state index in [4.69, 9.17) is 15.2 Å². The van der Waals surface area contributed by atoms with Gasteiger partial charge in [0.15, 0.2) is 11.5 Å². The number of hydrogen-bond donors (Lipinski definition) is 2. The van der Waals surface area contributed by atoms with Crippen molar-refractivity contribution in [2.75, 3.05) is 13.7 Å². The van der Waals surface area contributed by atoms with Crippen LogP contribution in [0.5, 0.6) is 5.75 Å². The molecule has 0 aliphatic heterocycles. The largest absolute Gasteiger partial charge is 0.496 e. The van der Waals surface area contributed by atoms with E-state index in [0.717, 1.165) is 15.8 Å². The summed E-state index contributed by atoms with van der Waals surface area (Å²) >= 11 is 3.45. The Morgan fingerprint density at radius 1 is 1.27 bits per heavy atom. The minimum absolute atomic E-state index is 0. The number of para-hydroxylation sites is 1. The molecular weight excluding hydrogens is 450 g/mol. The number of pyridine rings is 1. The third-order valence-electron chi connectivity index (χ3n) is 4.33. The summed E-state index contributed by atoms with van der Waals surface area (Å²) in [7, 11) is 1.62. The highest BCUT2D eigenvalue weighted by Crippen LogP contribution is 2.21. The molecule has 0 aliphatic carbocycles. The van der Waals surface area contributed by atoms with Gasteiger partial charge in [-0.25, -0.2) is 0 Å². The first-order chi connectivity index (χ1) is 13.8. The fourth-order valence-electron chi connectivity index (χ4n) is 2.75. The fourth-order valence-corrected chi connectivity index (χ4v) is 3.09. The smallest absolute Gasteiger partial charge is 0.240 e. The number of methoxy groups -OCH3 is 1. The van der Waals surface area contributed by atoms with Gasteiger partial charge in [-0.3, -0.25) is 9.20 Å². The van der Waals surface area contributed by atoms with Crippen molar-refractivity contribution in [1.82, 2.24) is 19.9 Å². The number of carbonyl (C=O) groups is 1. The van der Waals surface area contributed by atoms with Crippen LogP contribution in [0, 0.1) is 0 Å². The molecule has 0 aliphatic rings. The highest BCUT2D eigenvalue weighted by atomic mass is 79.9. The maximum Gasteiger partial charge on any atom is 0.240 e. The van der Waals surface area contributed by atoms with Crippen LogP contribution in [0.3, 0.4) is 0 Å². The zero-order valence-corrected chi connectivity index (χ0v) is 18.1. The van der Waals surface area contributed by atoms with Crippen LogP contribution < -0.4 is 15.8 Å². The lowest BCUT2D eigenvalue weighted by molar-refractivity contribution is -0.126. The zero-order valence-electron chi connectivity index (χ0n) is 16.6. The summed E-state index contributed by atoms with van der Waals surface area (Å²) in [5.41, 5.74) is 6.49. The first-order valence-corrected chi connectivity index (χ1v) is 9.88. The summed E-state index contributed by atoms with van der Waals surface area (Å²) in [6, 6.07) is 10.8. The molecular formula is C21H28BrN5O3. The van der Waals surface area contributed by atoms with Gasteiger partial charge in [0.2, 0.25) is 5.91 Å². The molecule has 0 bridgehead atoms. The third kappa shape index (κ3) is 5.56. The Bertz CT molecular complexity index is 1000. The summed E-state index contributed by atoms with van der Waals surface area (Å²) in [4.78, 5) is 12.5. The van der Waals surface area contributed by atoms with Crippen molar-refractivity contribution in [3.05, 3.63) is 58.5 Å². The highest BCUT2D eigenvalue weighted by Gasteiger charge is 2.28. The summed E-state index contributed by atoms with van der Waals surface area (Å²) in [5.74, 6) is 0.988. The van der Waals surface area contributed by atoms with Gasteiger partial charge in [-0.2, -0.15) is 0 Å². The van der Waals surface area contributed by atoms with Gasteiger partial charge in [0.05, 0.1) is 25.9 Å². The van der Waals surface area contributed by atoms with Crippen LogP contribution in [-0.4, -0.2) is 39.8 Å². The lowest BCUT2D eigenvalue weighted by Gasteiger charge is -2.23. The molecule has 3 rings (SSSR count). The Labute approximate surface area is 184 Å². The Morgan fingerprint density at radius 2 is 2.00 bits per heavy atom. The van der Waals surface area contributed by atoms with Crippen LogP contribution in [0.25, 0.3) is 5.65 Å². The topological polar surface area (TPSA) is 104 Å². The number of benzene rings is 1. The number of rotatable bonds is 8. The number of carbonyl (C=O) groups excluding carboxylic acids is 1. The molecule has 1 atom stereocenters. The lowest BCUT2D eigenvalue weighted by Crippen LogP contribution is -2.50. The van der Waals surface area contributed by atoms with Crippen molar-refractivity contribution in [2.24, 2.45) is 5.73 Å². The van der Waals surface area contributed by atoms with E-state index in [1.54, 1.807) is 21.0 Å². The Balaban J connectivity index is 0.00000320. The minimum Gasteiger partial charge on any atom is -0.496 e. The van der Waals surface area contributed by atoms with E-state index >= 15 is 0 Å². The second-order valence-electron chi connectivity index (χ2n) is 7.21. The normalized spacial score (nSPS) is 12.3. The van der Waals surface area contributed by atoms with Gasteiger partial charge in [0.25, 0.3) is 0 Å². The van der Waals surface area contributed by atoms with Crippen molar-refractivity contribution in [3.8, 4) is 5.75 Å². The van der Waals surface area contributed by atoms with E-state index in [2.05, 4.69) is 31.4 Å². The number of nitrogens with one attached hydrogen (secondary N) is 1. The van der Waals surface area contributed by atoms with Crippen LogP contribution in [0.2, 0.25) is 0 Å². The van der Waals surface area contributed by atoms with Crippen LogP contribution in [0.15, 0.2) is 47.1 Å². The van der Waals surface area contributed by atoms with Crippen molar-refractivity contribution < 1.29 is 14.3 Å². The number of fused-ring (bicyclic) bond motifs is 1. The molecule has 2 aromatic heterocycles. The number of amides is 1. The van der Waals surface area contributed by atoms with Gasteiger partial charge in [-0.1, -0.05) is 25.6 Å². The molecule has 9 heteroatoms. The molecule has 30 heavy (non-hydrogen) atoms. The van der Waals surface area contributed by atoms with Gasteiger partial charge in [0, 0.05) is 16.2 Å². The predicted octanol–water partition coefficient (Wildman–Crippen LogP) is 3.25. The molecule has 0 saturated carbocycles. The van der Waals surface area contributed by atoms with Crippen LogP contribution >= 0.6 is 15.9 Å². The van der Waals surface area contributed by atoms with Crippen molar-refractivity contribution in [1.29, 1.82) is 0 Å². The molecule has 2 heterocycles. The van der Waals surface area contributed by atoms with E-state index < -0.39 is 11.6 Å². The monoisotopic (exact) mass is 477 g/mol. The Hall–Kier alpha value is -2.49. The lowest BCUT2D eigenvalue weighted by atomic mass is 10.1.